The van der Waals surface area contributed by atoms with Crippen LogP contribution in [0.5, 0.6) is 5.75 Å². The van der Waals surface area contributed by atoms with Crippen LogP contribution >= 0.6 is 0 Å². The fraction of sp³-hybridized carbons (Fsp3) is 0.562. The van der Waals surface area contributed by atoms with Crippen molar-refractivity contribution in [2.45, 2.75) is 33.7 Å². The van der Waals surface area contributed by atoms with Gasteiger partial charge in [0.1, 0.15) is 18.2 Å². The molecule has 1 aromatic rings. The van der Waals surface area contributed by atoms with Crippen molar-refractivity contribution in [3.8, 4) is 5.75 Å². The average Bonchev–Trinajstić information content (AvgIpc) is 2.37. The summed E-state index contributed by atoms with van der Waals surface area (Å²) in [6.45, 7) is 11.6. The summed E-state index contributed by atoms with van der Waals surface area (Å²) in [7, 11) is 0. The minimum Gasteiger partial charge on any atom is -0.492 e. The number of benzene rings is 1. The lowest BCUT2D eigenvalue weighted by Gasteiger charge is -2.28. The second-order valence-corrected chi connectivity index (χ2v) is 5.77. The highest BCUT2D eigenvalue weighted by Gasteiger charge is 2.11. The molecular weight excluding hydrogens is 250 g/mol. The van der Waals surface area contributed by atoms with Gasteiger partial charge in [0, 0.05) is 24.7 Å². The highest BCUT2D eigenvalue weighted by Crippen LogP contribution is 2.12. The molecule has 0 saturated carbocycles. The van der Waals surface area contributed by atoms with Gasteiger partial charge in [0.15, 0.2) is 0 Å². The summed E-state index contributed by atoms with van der Waals surface area (Å²) in [5.41, 5.74) is 6.14. The van der Waals surface area contributed by atoms with Gasteiger partial charge in [-0.25, -0.2) is 0 Å². The number of amidine groups is 1. The lowest BCUT2D eigenvalue weighted by atomic mass is 10.2. The number of nitrogens with one attached hydrogen (secondary N) is 1. The number of rotatable bonds is 8. The van der Waals surface area contributed by atoms with Crippen molar-refractivity contribution in [3.63, 3.8) is 0 Å². The summed E-state index contributed by atoms with van der Waals surface area (Å²) in [4.78, 5) is 2.43. The Morgan fingerprint density at radius 2 is 1.80 bits per heavy atom. The van der Waals surface area contributed by atoms with Crippen molar-refractivity contribution in [2.75, 3.05) is 19.7 Å². The van der Waals surface area contributed by atoms with E-state index in [4.69, 9.17) is 15.9 Å². The normalized spacial score (nSPS) is 11.3. The lowest BCUT2D eigenvalue weighted by molar-refractivity contribution is 0.160. The molecule has 0 aliphatic heterocycles. The molecule has 1 rings (SSSR count). The molecule has 0 amide bonds. The predicted octanol–water partition coefficient (Wildman–Crippen LogP) is 2.72. The van der Waals surface area contributed by atoms with E-state index in [-0.39, 0.29) is 5.84 Å². The molecule has 0 radical (unpaired) electrons. The molecule has 0 heterocycles. The van der Waals surface area contributed by atoms with Gasteiger partial charge in [0.05, 0.1) is 0 Å². The first kappa shape index (κ1) is 16.5. The van der Waals surface area contributed by atoms with Gasteiger partial charge in [-0.15, -0.1) is 0 Å². The number of hydrogen-bond donors (Lipinski definition) is 2. The van der Waals surface area contributed by atoms with Gasteiger partial charge in [0.25, 0.3) is 0 Å². The standard InChI is InChI=1S/C16H27N3O/c1-12(2)11-19(13(3)4)9-10-20-15-7-5-14(6-8-15)16(17)18/h5-8,12-13H,9-11H2,1-4H3,(H3,17,18). The van der Waals surface area contributed by atoms with Crippen LogP contribution in [-0.4, -0.2) is 36.5 Å². The third-order valence-corrected chi connectivity index (χ3v) is 3.14. The number of nitrogen functional groups attached to an aromatic ring is 1. The molecule has 0 aliphatic rings. The first-order valence-corrected chi connectivity index (χ1v) is 7.21. The zero-order valence-electron chi connectivity index (χ0n) is 13.0. The van der Waals surface area contributed by atoms with E-state index in [0.717, 1.165) is 24.4 Å². The second-order valence-electron chi connectivity index (χ2n) is 5.77. The van der Waals surface area contributed by atoms with E-state index < -0.39 is 0 Å². The largest absolute Gasteiger partial charge is 0.492 e. The highest BCUT2D eigenvalue weighted by atomic mass is 16.5. The van der Waals surface area contributed by atoms with Gasteiger partial charge in [-0.05, 0) is 44.0 Å². The molecule has 112 valence electrons. The molecule has 0 unspecified atom stereocenters. The van der Waals surface area contributed by atoms with Gasteiger partial charge >= 0.3 is 0 Å². The molecule has 0 bridgehead atoms. The van der Waals surface area contributed by atoms with Gasteiger partial charge < -0.3 is 10.5 Å². The van der Waals surface area contributed by atoms with Crippen molar-refractivity contribution >= 4 is 5.84 Å². The summed E-state index contributed by atoms with van der Waals surface area (Å²) < 4.78 is 5.75. The minimum atomic E-state index is 0.0828. The van der Waals surface area contributed by atoms with Crippen molar-refractivity contribution in [1.29, 1.82) is 5.41 Å². The van der Waals surface area contributed by atoms with Crippen LogP contribution in [0.2, 0.25) is 0 Å². The van der Waals surface area contributed by atoms with E-state index in [9.17, 15) is 0 Å². The van der Waals surface area contributed by atoms with E-state index in [1.54, 1.807) is 0 Å². The Bertz CT molecular complexity index is 412. The van der Waals surface area contributed by atoms with Gasteiger partial charge in [-0.3, -0.25) is 10.3 Å². The van der Waals surface area contributed by atoms with Crippen LogP contribution in [0.3, 0.4) is 0 Å². The Kier molecular flexibility index (Phi) is 6.52. The van der Waals surface area contributed by atoms with Crippen molar-refractivity contribution in [1.82, 2.24) is 4.90 Å². The summed E-state index contributed by atoms with van der Waals surface area (Å²) in [5, 5.41) is 7.34. The molecule has 0 saturated heterocycles. The van der Waals surface area contributed by atoms with Gasteiger partial charge in [-0.1, -0.05) is 13.8 Å². The number of nitrogens with two attached hydrogens (primary N) is 1. The summed E-state index contributed by atoms with van der Waals surface area (Å²) in [6, 6.07) is 7.87. The molecule has 4 nitrogen and oxygen atoms in total. The van der Waals surface area contributed by atoms with Crippen LogP contribution in [-0.2, 0) is 0 Å². The summed E-state index contributed by atoms with van der Waals surface area (Å²) in [6.07, 6.45) is 0. The van der Waals surface area contributed by atoms with Crippen LogP contribution in [0.25, 0.3) is 0 Å². The van der Waals surface area contributed by atoms with E-state index in [2.05, 4.69) is 32.6 Å². The topological polar surface area (TPSA) is 62.3 Å². The zero-order valence-corrected chi connectivity index (χ0v) is 13.0. The number of nitrogens with zero attached hydrogens (tertiary/aromatic N) is 1. The first-order chi connectivity index (χ1) is 9.40. The van der Waals surface area contributed by atoms with Crippen LogP contribution < -0.4 is 10.5 Å². The third-order valence-electron chi connectivity index (χ3n) is 3.14. The van der Waals surface area contributed by atoms with E-state index in [1.807, 2.05) is 24.3 Å². The molecular formula is C16H27N3O. The zero-order chi connectivity index (χ0) is 15.1. The van der Waals surface area contributed by atoms with E-state index in [0.29, 0.717) is 18.6 Å². The average molecular weight is 277 g/mol. The Morgan fingerprint density at radius 3 is 2.25 bits per heavy atom. The molecule has 3 N–H and O–H groups in total. The molecule has 20 heavy (non-hydrogen) atoms. The Morgan fingerprint density at radius 1 is 1.20 bits per heavy atom. The van der Waals surface area contributed by atoms with Crippen molar-refractivity contribution in [2.24, 2.45) is 11.7 Å². The van der Waals surface area contributed by atoms with Crippen LogP contribution in [0.1, 0.15) is 33.3 Å². The number of ether oxygens (including phenoxy) is 1. The van der Waals surface area contributed by atoms with Crippen LogP contribution in [0.15, 0.2) is 24.3 Å². The maximum atomic E-state index is 7.34. The minimum absolute atomic E-state index is 0.0828. The Hall–Kier alpha value is -1.55. The molecule has 0 atom stereocenters. The fourth-order valence-electron chi connectivity index (χ4n) is 2.04. The Labute approximate surface area is 122 Å². The maximum absolute atomic E-state index is 7.34. The maximum Gasteiger partial charge on any atom is 0.122 e. The monoisotopic (exact) mass is 277 g/mol. The number of hydrogen-bond acceptors (Lipinski definition) is 3. The van der Waals surface area contributed by atoms with Gasteiger partial charge in [0.2, 0.25) is 0 Å². The quantitative estimate of drug-likeness (QED) is 0.567. The molecule has 0 aromatic heterocycles. The van der Waals surface area contributed by atoms with Crippen LogP contribution in [0, 0.1) is 11.3 Å². The smallest absolute Gasteiger partial charge is 0.122 e. The molecule has 0 spiro atoms. The second kappa shape index (κ2) is 7.90. The highest BCUT2D eigenvalue weighted by molar-refractivity contribution is 5.94. The molecule has 0 fully saturated rings. The first-order valence-electron chi connectivity index (χ1n) is 7.21. The third kappa shape index (κ3) is 5.61. The molecule has 1 aromatic carbocycles. The van der Waals surface area contributed by atoms with E-state index in [1.165, 1.54) is 0 Å². The van der Waals surface area contributed by atoms with Gasteiger partial charge in [-0.2, -0.15) is 0 Å². The summed E-state index contributed by atoms with van der Waals surface area (Å²) in [5.74, 6) is 1.56. The predicted molar refractivity (Wildman–Crippen MR) is 84.5 cm³/mol. The van der Waals surface area contributed by atoms with E-state index >= 15 is 0 Å². The molecule has 4 heteroatoms. The molecule has 0 aliphatic carbocycles. The SMILES string of the molecule is CC(C)CN(CCOc1ccc(C(=N)N)cc1)C(C)C. The fourth-order valence-corrected chi connectivity index (χ4v) is 2.04. The lowest BCUT2D eigenvalue weighted by Crippen LogP contribution is -2.37. The summed E-state index contributed by atoms with van der Waals surface area (Å²) >= 11 is 0. The van der Waals surface area contributed by atoms with Crippen molar-refractivity contribution in [3.05, 3.63) is 29.8 Å². The van der Waals surface area contributed by atoms with Crippen LogP contribution in [0.4, 0.5) is 0 Å². The van der Waals surface area contributed by atoms with Crippen molar-refractivity contribution < 1.29 is 4.74 Å². The Balaban J connectivity index is 2.44.